The molecule has 1 amide bonds. The lowest BCUT2D eigenvalue weighted by atomic mass is 9.92. The van der Waals surface area contributed by atoms with Crippen molar-refractivity contribution < 1.29 is 4.79 Å². The van der Waals surface area contributed by atoms with Crippen LogP contribution in [0.1, 0.15) is 19.4 Å². The summed E-state index contributed by atoms with van der Waals surface area (Å²) in [6.07, 6.45) is 0. The van der Waals surface area contributed by atoms with Crippen LogP contribution in [-0.2, 0) is 11.3 Å². The minimum absolute atomic E-state index is 0.00325. The van der Waals surface area contributed by atoms with Gasteiger partial charge in [0.15, 0.2) is 5.96 Å². The summed E-state index contributed by atoms with van der Waals surface area (Å²) >= 11 is 0. The molecule has 0 aromatic heterocycles. The second kappa shape index (κ2) is 7.53. The van der Waals surface area contributed by atoms with Crippen LogP contribution in [0.25, 0.3) is 0 Å². The highest BCUT2D eigenvalue weighted by molar-refractivity contribution is 5.84. The van der Waals surface area contributed by atoms with Gasteiger partial charge in [0, 0.05) is 27.2 Å². The Balaban J connectivity index is 2.47. The number of nitrogens with one attached hydrogen (secondary N) is 3. The van der Waals surface area contributed by atoms with Gasteiger partial charge in [-0.1, -0.05) is 30.3 Å². The van der Waals surface area contributed by atoms with Gasteiger partial charge in [-0.15, -0.1) is 0 Å². The molecule has 0 atom stereocenters. The number of amides is 1. The van der Waals surface area contributed by atoms with E-state index >= 15 is 0 Å². The number of carbonyl (C=O) groups excluding carboxylic acids is 1. The van der Waals surface area contributed by atoms with Crippen molar-refractivity contribution in [3.05, 3.63) is 35.9 Å². The normalized spacial score (nSPS) is 11.9. The maximum absolute atomic E-state index is 11.7. The van der Waals surface area contributed by atoms with Crippen LogP contribution < -0.4 is 16.0 Å². The molecule has 0 spiro atoms. The molecule has 0 aliphatic carbocycles. The van der Waals surface area contributed by atoms with E-state index in [1.807, 2.05) is 32.0 Å². The largest absolute Gasteiger partial charge is 0.359 e. The molecule has 0 aliphatic rings. The molecule has 0 saturated carbocycles. The lowest BCUT2D eigenvalue weighted by Gasteiger charge is -2.24. The quantitative estimate of drug-likeness (QED) is 0.558. The van der Waals surface area contributed by atoms with E-state index in [2.05, 4.69) is 33.1 Å². The van der Waals surface area contributed by atoms with Crippen molar-refractivity contribution in [1.29, 1.82) is 0 Å². The van der Waals surface area contributed by atoms with Crippen LogP contribution >= 0.6 is 0 Å². The lowest BCUT2D eigenvalue weighted by molar-refractivity contribution is -0.128. The molecule has 110 valence electrons. The highest BCUT2D eigenvalue weighted by Gasteiger charge is 2.26. The molecule has 0 fully saturated rings. The molecule has 0 bridgehead atoms. The van der Waals surface area contributed by atoms with Crippen LogP contribution in [0.3, 0.4) is 0 Å². The highest BCUT2D eigenvalue weighted by atomic mass is 16.2. The number of aliphatic imine (C=N–C) groups is 1. The molecule has 0 heterocycles. The van der Waals surface area contributed by atoms with Crippen molar-refractivity contribution in [2.75, 3.05) is 20.6 Å². The van der Waals surface area contributed by atoms with Gasteiger partial charge in [0.25, 0.3) is 0 Å². The predicted octanol–water partition coefficient (Wildman–Crippen LogP) is 1.12. The van der Waals surface area contributed by atoms with Gasteiger partial charge in [-0.2, -0.15) is 0 Å². The Kier molecular flexibility index (Phi) is 6.03. The summed E-state index contributed by atoms with van der Waals surface area (Å²) in [5, 5.41) is 9.06. The lowest BCUT2D eigenvalue weighted by Crippen LogP contribution is -2.47. The molecular weight excluding hydrogens is 252 g/mol. The summed E-state index contributed by atoms with van der Waals surface area (Å²) < 4.78 is 0. The fourth-order valence-electron chi connectivity index (χ4n) is 1.73. The summed E-state index contributed by atoms with van der Waals surface area (Å²) in [4.78, 5) is 15.9. The number of nitrogens with zero attached hydrogens (tertiary/aromatic N) is 1. The second-order valence-corrected chi connectivity index (χ2v) is 5.23. The standard InChI is InChI=1S/C15H24N4O/c1-15(2,13(20)16-3)11-19-14(17-4)18-10-12-8-6-5-7-9-12/h5-9H,10-11H2,1-4H3,(H,16,20)(H2,17,18,19). The number of rotatable bonds is 5. The van der Waals surface area contributed by atoms with Crippen LogP contribution in [0.4, 0.5) is 0 Å². The molecule has 20 heavy (non-hydrogen) atoms. The molecule has 5 nitrogen and oxygen atoms in total. The van der Waals surface area contributed by atoms with E-state index in [0.29, 0.717) is 19.0 Å². The summed E-state index contributed by atoms with van der Waals surface area (Å²) in [6.45, 7) is 4.99. The first kappa shape index (κ1) is 16.0. The molecule has 0 aliphatic heterocycles. The summed E-state index contributed by atoms with van der Waals surface area (Å²) in [5.41, 5.74) is 0.695. The van der Waals surface area contributed by atoms with Crippen LogP contribution in [-0.4, -0.2) is 32.5 Å². The number of hydrogen-bond donors (Lipinski definition) is 3. The third-order valence-corrected chi connectivity index (χ3v) is 3.07. The van der Waals surface area contributed by atoms with Crippen molar-refractivity contribution in [2.24, 2.45) is 10.4 Å². The van der Waals surface area contributed by atoms with Gasteiger partial charge >= 0.3 is 0 Å². The van der Waals surface area contributed by atoms with Gasteiger partial charge in [-0.05, 0) is 19.4 Å². The molecule has 0 saturated heterocycles. The first-order valence-corrected chi connectivity index (χ1v) is 6.70. The topological polar surface area (TPSA) is 65.5 Å². The van der Waals surface area contributed by atoms with E-state index in [1.54, 1.807) is 14.1 Å². The number of guanidine groups is 1. The van der Waals surface area contributed by atoms with E-state index < -0.39 is 5.41 Å². The number of carbonyl (C=O) groups is 1. The van der Waals surface area contributed by atoms with E-state index in [0.717, 1.165) is 0 Å². The zero-order chi connectivity index (χ0) is 15.0. The zero-order valence-electron chi connectivity index (χ0n) is 12.7. The van der Waals surface area contributed by atoms with Crippen LogP contribution in [0.2, 0.25) is 0 Å². The molecule has 0 unspecified atom stereocenters. The van der Waals surface area contributed by atoms with Crippen molar-refractivity contribution in [3.8, 4) is 0 Å². The molecule has 1 aromatic rings. The maximum atomic E-state index is 11.7. The van der Waals surface area contributed by atoms with Gasteiger partial charge in [-0.3, -0.25) is 9.79 Å². The van der Waals surface area contributed by atoms with Gasteiger partial charge in [0.2, 0.25) is 5.91 Å². The van der Waals surface area contributed by atoms with Crippen molar-refractivity contribution >= 4 is 11.9 Å². The fraction of sp³-hybridized carbons (Fsp3) is 0.467. The zero-order valence-corrected chi connectivity index (χ0v) is 12.7. The minimum atomic E-state index is -0.487. The molecule has 5 heteroatoms. The van der Waals surface area contributed by atoms with Crippen LogP contribution in [0.5, 0.6) is 0 Å². The van der Waals surface area contributed by atoms with Crippen LogP contribution in [0.15, 0.2) is 35.3 Å². The Morgan fingerprint density at radius 2 is 1.85 bits per heavy atom. The first-order valence-electron chi connectivity index (χ1n) is 6.70. The summed E-state index contributed by atoms with van der Waals surface area (Å²) in [7, 11) is 3.36. The van der Waals surface area contributed by atoms with E-state index in [-0.39, 0.29) is 5.91 Å². The Hall–Kier alpha value is -2.04. The number of benzene rings is 1. The minimum Gasteiger partial charge on any atom is -0.359 e. The molecule has 1 aromatic carbocycles. The molecule has 3 N–H and O–H groups in total. The highest BCUT2D eigenvalue weighted by Crippen LogP contribution is 2.12. The van der Waals surface area contributed by atoms with E-state index in [4.69, 9.17) is 0 Å². The first-order chi connectivity index (χ1) is 9.49. The fourth-order valence-corrected chi connectivity index (χ4v) is 1.73. The molecule has 1 rings (SSSR count). The Labute approximate surface area is 120 Å². The monoisotopic (exact) mass is 276 g/mol. The predicted molar refractivity (Wildman–Crippen MR) is 82.5 cm³/mol. The van der Waals surface area contributed by atoms with E-state index in [1.165, 1.54) is 5.56 Å². The van der Waals surface area contributed by atoms with Crippen LogP contribution in [0, 0.1) is 5.41 Å². The van der Waals surface area contributed by atoms with Crippen molar-refractivity contribution in [3.63, 3.8) is 0 Å². The maximum Gasteiger partial charge on any atom is 0.227 e. The van der Waals surface area contributed by atoms with Crippen molar-refractivity contribution in [2.45, 2.75) is 20.4 Å². The van der Waals surface area contributed by atoms with Crippen molar-refractivity contribution in [1.82, 2.24) is 16.0 Å². The van der Waals surface area contributed by atoms with Gasteiger partial charge in [0.05, 0.1) is 5.41 Å². The molecule has 0 radical (unpaired) electrons. The van der Waals surface area contributed by atoms with Gasteiger partial charge in [-0.25, -0.2) is 0 Å². The Morgan fingerprint density at radius 3 is 2.40 bits per heavy atom. The Bertz CT molecular complexity index is 454. The third-order valence-electron chi connectivity index (χ3n) is 3.07. The average molecular weight is 276 g/mol. The smallest absolute Gasteiger partial charge is 0.227 e. The molecular formula is C15H24N4O. The third kappa shape index (κ3) is 4.91. The van der Waals surface area contributed by atoms with E-state index in [9.17, 15) is 4.79 Å². The number of hydrogen-bond acceptors (Lipinski definition) is 2. The SMILES string of the molecule is CN=C(NCc1ccccc1)NCC(C)(C)C(=O)NC. The second-order valence-electron chi connectivity index (χ2n) is 5.23. The van der Waals surface area contributed by atoms with Gasteiger partial charge < -0.3 is 16.0 Å². The average Bonchev–Trinajstić information content (AvgIpc) is 2.47. The Morgan fingerprint density at radius 1 is 1.20 bits per heavy atom. The summed E-state index contributed by atoms with van der Waals surface area (Å²) in [6, 6.07) is 10.1. The summed E-state index contributed by atoms with van der Waals surface area (Å²) in [5.74, 6) is 0.689. The van der Waals surface area contributed by atoms with Gasteiger partial charge in [0.1, 0.15) is 0 Å².